The number of aliphatic hydroxyl groups is 2. The van der Waals surface area contributed by atoms with Gasteiger partial charge in [0.1, 0.15) is 0 Å². The zero-order valence-electron chi connectivity index (χ0n) is 18.6. The molecule has 4 aliphatic carbocycles. The zero-order valence-corrected chi connectivity index (χ0v) is 18.6. The third-order valence-corrected chi connectivity index (χ3v) is 10.4. The molecule has 5 N–H and O–H groups in total. The van der Waals surface area contributed by atoms with E-state index in [4.69, 9.17) is 5.84 Å². The minimum Gasteiger partial charge on any atom is -0.393 e. The van der Waals surface area contributed by atoms with Gasteiger partial charge in [0.25, 0.3) is 0 Å². The van der Waals surface area contributed by atoms with Crippen LogP contribution in [-0.2, 0) is 4.79 Å². The minimum atomic E-state index is -0.218. The van der Waals surface area contributed by atoms with Gasteiger partial charge in [0.15, 0.2) is 0 Å². The van der Waals surface area contributed by atoms with Crippen molar-refractivity contribution >= 4 is 5.91 Å². The number of fused-ring (bicyclic) bond motifs is 5. The molecule has 0 aromatic heterocycles. The first-order valence-corrected chi connectivity index (χ1v) is 12.1. The van der Waals surface area contributed by atoms with Crippen LogP contribution in [0.15, 0.2) is 0 Å². The highest BCUT2D eigenvalue weighted by Gasteiger charge is 2.62. The lowest BCUT2D eigenvalue weighted by Gasteiger charge is -2.62. The van der Waals surface area contributed by atoms with Gasteiger partial charge in [-0.25, -0.2) is 5.84 Å². The van der Waals surface area contributed by atoms with Crippen molar-refractivity contribution in [3.8, 4) is 0 Å². The van der Waals surface area contributed by atoms with E-state index in [1.165, 1.54) is 25.7 Å². The molecular weight excluding hydrogens is 364 g/mol. The third-order valence-electron chi connectivity index (χ3n) is 10.4. The van der Waals surface area contributed by atoms with E-state index in [0.717, 1.165) is 32.1 Å². The van der Waals surface area contributed by atoms with Crippen molar-refractivity contribution in [3.63, 3.8) is 0 Å². The largest absolute Gasteiger partial charge is 0.393 e. The van der Waals surface area contributed by atoms with Gasteiger partial charge in [-0.3, -0.25) is 10.2 Å². The molecule has 10 atom stereocenters. The van der Waals surface area contributed by atoms with Gasteiger partial charge in [-0.15, -0.1) is 0 Å². The molecule has 0 spiro atoms. The monoisotopic (exact) mass is 406 g/mol. The van der Waals surface area contributed by atoms with Gasteiger partial charge in [-0.05, 0) is 104 Å². The van der Waals surface area contributed by atoms with Crippen molar-refractivity contribution in [2.45, 2.75) is 97.2 Å². The Morgan fingerprint density at radius 2 is 1.76 bits per heavy atom. The first-order valence-electron chi connectivity index (χ1n) is 12.1. The number of hydrogen-bond acceptors (Lipinski definition) is 4. The van der Waals surface area contributed by atoms with Crippen molar-refractivity contribution in [3.05, 3.63) is 0 Å². The SMILES string of the molecule is C[C@@H](CCC(=O)NN)[C@H]1CC[C@H]2[C@@H]3[C@H](O)C[C@H]4C[C@@H](O)CC[C@]4(C)[C@H]3CC[C@]12C. The van der Waals surface area contributed by atoms with Gasteiger partial charge >= 0.3 is 0 Å². The van der Waals surface area contributed by atoms with Crippen LogP contribution in [0.5, 0.6) is 0 Å². The summed E-state index contributed by atoms with van der Waals surface area (Å²) in [6.45, 7) is 7.26. The Labute approximate surface area is 176 Å². The van der Waals surface area contributed by atoms with E-state index in [9.17, 15) is 15.0 Å². The maximum absolute atomic E-state index is 11.6. The summed E-state index contributed by atoms with van der Waals surface area (Å²) < 4.78 is 0. The molecule has 1 amide bonds. The van der Waals surface area contributed by atoms with Gasteiger partial charge in [0.2, 0.25) is 5.91 Å². The molecular formula is C24H42N2O3. The number of nitrogens with one attached hydrogen (secondary N) is 1. The molecule has 0 saturated heterocycles. The molecule has 0 bridgehead atoms. The molecule has 0 unspecified atom stereocenters. The summed E-state index contributed by atoms with van der Waals surface area (Å²) in [5.41, 5.74) is 2.82. The summed E-state index contributed by atoms with van der Waals surface area (Å²) in [4.78, 5) is 11.6. The summed E-state index contributed by atoms with van der Waals surface area (Å²) >= 11 is 0. The van der Waals surface area contributed by atoms with Crippen LogP contribution in [0.25, 0.3) is 0 Å². The highest BCUT2D eigenvalue weighted by atomic mass is 16.3. The normalized spacial score (nSPS) is 50.2. The van der Waals surface area contributed by atoms with E-state index >= 15 is 0 Å². The van der Waals surface area contributed by atoms with E-state index in [-0.39, 0.29) is 28.9 Å². The standard InChI is InChI=1S/C24H42N2O3/c1-14(4-7-21(29)26-25)17-5-6-18-22-19(9-11-24(17,18)3)23(2)10-8-16(27)12-15(23)13-20(22)28/h14-20,22,27-28H,4-13,25H2,1-3H3,(H,26,29)/t14-,15+,16-,17+,18-,19-,20+,22-,23-,24+/m0/s1. The van der Waals surface area contributed by atoms with Gasteiger partial charge in [0, 0.05) is 6.42 Å². The maximum atomic E-state index is 11.6. The number of carbonyl (C=O) groups is 1. The van der Waals surface area contributed by atoms with Gasteiger partial charge in [0.05, 0.1) is 12.2 Å². The molecule has 4 fully saturated rings. The van der Waals surface area contributed by atoms with E-state index in [0.29, 0.717) is 41.9 Å². The first-order chi connectivity index (χ1) is 13.7. The van der Waals surface area contributed by atoms with Gasteiger partial charge < -0.3 is 10.2 Å². The fourth-order valence-corrected chi connectivity index (χ4v) is 8.81. The molecule has 0 aromatic rings. The summed E-state index contributed by atoms with van der Waals surface area (Å²) in [5, 5.41) is 21.5. The van der Waals surface area contributed by atoms with Crippen LogP contribution >= 0.6 is 0 Å². The van der Waals surface area contributed by atoms with E-state index in [2.05, 4.69) is 26.2 Å². The van der Waals surface area contributed by atoms with Crippen LogP contribution in [0.3, 0.4) is 0 Å². The lowest BCUT2D eigenvalue weighted by molar-refractivity contribution is -0.174. The number of rotatable bonds is 4. The quantitative estimate of drug-likeness (QED) is 0.327. The number of nitrogens with two attached hydrogens (primary N) is 1. The number of amides is 1. The van der Waals surface area contributed by atoms with Crippen LogP contribution in [0.2, 0.25) is 0 Å². The fourth-order valence-electron chi connectivity index (χ4n) is 8.81. The van der Waals surface area contributed by atoms with E-state index < -0.39 is 0 Å². The van der Waals surface area contributed by atoms with Crippen molar-refractivity contribution < 1.29 is 15.0 Å². The summed E-state index contributed by atoms with van der Waals surface area (Å²) in [6, 6.07) is 0. The van der Waals surface area contributed by atoms with Crippen LogP contribution in [0.4, 0.5) is 0 Å². The first kappa shape index (κ1) is 21.6. The number of carbonyl (C=O) groups excluding carboxylic acids is 1. The second-order valence-electron chi connectivity index (χ2n) is 11.5. The lowest BCUT2D eigenvalue weighted by Crippen LogP contribution is -2.58. The molecule has 5 nitrogen and oxygen atoms in total. The zero-order chi connectivity index (χ0) is 21.0. The number of hydrazine groups is 1. The highest BCUT2D eigenvalue weighted by Crippen LogP contribution is 2.68. The Hall–Kier alpha value is -0.650. The lowest BCUT2D eigenvalue weighted by atomic mass is 9.43. The molecule has 166 valence electrons. The Morgan fingerprint density at radius 3 is 2.48 bits per heavy atom. The molecule has 29 heavy (non-hydrogen) atoms. The molecule has 0 heterocycles. The smallest absolute Gasteiger partial charge is 0.233 e. The molecule has 4 aliphatic rings. The van der Waals surface area contributed by atoms with Crippen LogP contribution in [0, 0.1) is 46.3 Å². The Kier molecular flexibility index (Phi) is 5.80. The summed E-state index contributed by atoms with van der Waals surface area (Å²) in [6.07, 6.45) is 9.70. The topological polar surface area (TPSA) is 95.6 Å². The van der Waals surface area contributed by atoms with Crippen LogP contribution in [0.1, 0.15) is 85.0 Å². The average Bonchev–Trinajstić information content (AvgIpc) is 3.04. The Morgan fingerprint density at radius 1 is 1.07 bits per heavy atom. The molecule has 0 aromatic carbocycles. The van der Waals surface area contributed by atoms with Crippen LogP contribution < -0.4 is 11.3 Å². The number of aliphatic hydroxyl groups excluding tert-OH is 2. The van der Waals surface area contributed by atoms with Crippen molar-refractivity contribution in [1.29, 1.82) is 0 Å². The molecule has 4 rings (SSSR count). The second-order valence-corrected chi connectivity index (χ2v) is 11.5. The maximum Gasteiger partial charge on any atom is 0.233 e. The minimum absolute atomic E-state index is 0.0681. The molecule has 4 saturated carbocycles. The van der Waals surface area contributed by atoms with Crippen molar-refractivity contribution in [2.75, 3.05) is 0 Å². The van der Waals surface area contributed by atoms with Crippen molar-refractivity contribution in [1.82, 2.24) is 5.43 Å². The summed E-state index contributed by atoms with van der Waals surface area (Å²) in [7, 11) is 0. The summed E-state index contributed by atoms with van der Waals surface area (Å²) in [5.74, 6) is 8.40. The van der Waals surface area contributed by atoms with Gasteiger partial charge in [-0.2, -0.15) is 0 Å². The molecule has 0 aliphatic heterocycles. The molecule has 5 heteroatoms. The predicted octanol–water partition coefficient (Wildman–Crippen LogP) is 3.38. The number of hydrogen-bond donors (Lipinski definition) is 4. The van der Waals surface area contributed by atoms with Crippen LogP contribution in [-0.4, -0.2) is 28.3 Å². The second kappa shape index (κ2) is 7.80. The highest BCUT2D eigenvalue weighted by molar-refractivity contribution is 5.75. The van der Waals surface area contributed by atoms with Crippen molar-refractivity contribution in [2.24, 2.45) is 52.2 Å². The molecule has 0 radical (unpaired) electrons. The van der Waals surface area contributed by atoms with E-state index in [1.54, 1.807) is 0 Å². The Balaban J connectivity index is 1.53. The third kappa shape index (κ3) is 3.45. The van der Waals surface area contributed by atoms with Gasteiger partial charge in [-0.1, -0.05) is 20.8 Å². The average molecular weight is 407 g/mol. The fraction of sp³-hybridized carbons (Fsp3) is 0.958. The van der Waals surface area contributed by atoms with E-state index in [1.807, 2.05) is 0 Å². The Bertz CT molecular complexity index is 627. The predicted molar refractivity (Wildman–Crippen MR) is 113 cm³/mol.